The predicted molar refractivity (Wildman–Crippen MR) is 38.9 cm³/mol. The fourth-order valence-electron chi connectivity index (χ4n) is 0.486. The van der Waals surface area contributed by atoms with Crippen molar-refractivity contribution < 1.29 is 0 Å². The van der Waals surface area contributed by atoms with E-state index in [0.717, 1.165) is 11.3 Å². The molecule has 0 aromatic carbocycles. The molecule has 48 valence electrons. The Morgan fingerprint density at radius 2 is 2.10 bits per heavy atom. The van der Waals surface area contributed by atoms with E-state index in [1.807, 2.05) is 12.1 Å². The lowest BCUT2D eigenvalue weighted by molar-refractivity contribution is 1.31. The molecule has 1 rings (SSSR count). The second-order valence-corrected chi connectivity index (χ2v) is 3.13. The van der Waals surface area contributed by atoms with Gasteiger partial charge in [0, 0.05) is 0 Å². The summed E-state index contributed by atoms with van der Waals surface area (Å²) in [5.41, 5.74) is 0.262. The van der Waals surface area contributed by atoms with Crippen molar-refractivity contribution in [1.29, 1.82) is 10.5 Å². The molecule has 1 aromatic rings. The van der Waals surface area contributed by atoms with E-state index in [1.165, 1.54) is 0 Å². The van der Waals surface area contributed by atoms with Gasteiger partial charge in [-0.05, 0) is 12.2 Å². The lowest BCUT2D eigenvalue weighted by Crippen LogP contribution is -1.74. The highest BCUT2D eigenvalue weighted by molar-refractivity contribution is 7.73. The van der Waals surface area contributed by atoms with Crippen LogP contribution in [-0.4, -0.2) is 4.98 Å². The molecule has 0 saturated carbocycles. The first kappa shape index (κ1) is 6.94. The highest BCUT2D eigenvalue weighted by atomic mass is 32.1. The van der Waals surface area contributed by atoms with Gasteiger partial charge < -0.3 is 4.98 Å². The number of rotatable bonds is 0. The van der Waals surface area contributed by atoms with Crippen molar-refractivity contribution >= 4 is 23.6 Å². The third kappa shape index (κ3) is 1.06. The molecule has 1 N–H and O–H groups in total. The maximum Gasteiger partial charge on any atom is 0.160 e. The van der Waals surface area contributed by atoms with Gasteiger partial charge in [0.05, 0.1) is 0 Å². The quantitative estimate of drug-likeness (QED) is 0.596. The van der Waals surface area contributed by atoms with Crippen LogP contribution in [0.1, 0.15) is 10.6 Å². The number of hydrogen-bond acceptors (Lipinski definition) is 4. The SMILES string of the molecule is N#Cc1[nH]c(=S)sc1C#N. The van der Waals surface area contributed by atoms with Crippen LogP contribution >= 0.6 is 23.6 Å². The van der Waals surface area contributed by atoms with E-state index in [-0.39, 0.29) is 5.69 Å². The standard InChI is InChI=1S/C5HN3S2/c6-1-3-4(2-7)10-5(9)8-3/h(H,8,9). The summed E-state index contributed by atoms with van der Waals surface area (Å²) in [5, 5.41) is 16.8. The fourth-order valence-corrected chi connectivity index (χ4v) is 1.42. The predicted octanol–water partition coefficient (Wildman–Crippen LogP) is 1.55. The molecule has 0 aliphatic heterocycles. The lowest BCUT2D eigenvalue weighted by Gasteiger charge is -1.73. The first-order chi connectivity index (χ1) is 4.77. The monoisotopic (exact) mass is 167 g/mol. The topological polar surface area (TPSA) is 63.4 Å². The van der Waals surface area contributed by atoms with Gasteiger partial charge in [0.2, 0.25) is 0 Å². The minimum atomic E-state index is 0.262. The number of nitrogens with zero attached hydrogens (tertiary/aromatic N) is 2. The van der Waals surface area contributed by atoms with Gasteiger partial charge in [0.1, 0.15) is 22.7 Å². The molecule has 0 unspecified atom stereocenters. The zero-order valence-corrected chi connectivity index (χ0v) is 6.34. The third-order valence-corrected chi connectivity index (χ3v) is 2.00. The summed E-state index contributed by atoms with van der Waals surface area (Å²) in [6.45, 7) is 0. The molecule has 0 saturated heterocycles. The average Bonchev–Trinajstić information content (AvgIpc) is 2.30. The van der Waals surface area contributed by atoms with E-state index in [2.05, 4.69) is 4.98 Å². The smallest absolute Gasteiger partial charge is 0.160 e. The Kier molecular flexibility index (Phi) is 1.81. The van der Waals surface area contributed by atoms with Gasteiger partial charge in [0.25, 0.3) is 0 Å². The van der Waals surface area contributed by atoms with Gasteiger partial charge in [-0.25, -0.2) is 0 Å². The minimum Gasteiger partial charge on any atom is -0.328 e. The van der Waals surface area contributed by atoms with Crippen LogP contribution < -0.4 is 0 Å². The summed E-state index contributed by atoms with van der Waals surface area (Å²) in [5.74, 6) is 0. The largest absolute Gasteiger partial charge is 0.328 e. The van der Waals surface area contributed by atoms with Crippen molar-refractivity contribution in [3.8, 4) is 12.1 Å². The molecule has 0 amide bonds. The van der Waals surface area contributed by atoms with Crippen molar-refractivity contribution in [3.63, 3.8) is 0 Å². The van der Waals surface area contributed by atoms with Crippen molar-refractivity contribution in [2.75, 3.05) is 0 Å². The summed E-state index contributed by atoms with van der Waals surface area (Å²) < 4.78 is 0.466. The van der Waals surface area contributed by atoms with Gasteiger partial charge in [0.15, 0.2) is 3.95 Å². The number of aromatic amines is 1. The van der Waals surface area contributed by atoms with E-state index in [9.17, 15) is 0 Å². The number of nitriles is 2. The number of H-pyrrole nitrogens is 1. The van der Waals surface area contributed by atoms with E-state index in [1.54, 1.807) is 0 Å². The van der Waals surface area contributed by atoms with Gasteiger partial charge in [-0.3, -0.25) is 0 Å². The lowest BCUT2D eigenvalue weighted by atomic mass is 10.4. The molecule has 0 spiro atoms. The molecule has 0 aliphatic carbocycles. The summed E-state index contributed by atoms with van der Waals surface area (Å²) in [7, 11) is 0. The molecule has 0 radical (unpaired) electrons. The molecule has 0 aliphatic rings. The summed E-state index contributed by atoms with van der Waals surface area (Å²) in [6, 6.07) is 3.70. The molecule has 3 nitrogen and oxygen atoms in total. The Morgan fingerprint density at radius 1 is 1.40 bits per heavy atom. The Balaban J connectivity index is 3.43. The fraction of sp³-hybridized carbons (Fsp3) is 0. The molecular formula is C5HN3S2. The molecule has 1 heterocycles. The van der Waals surface area contributed by atoms with Crippen LogP contribution in [-0.2, 0) is 0 Å². The van der Waals surface area contributed by atoms with Gasteiger partial charge >= 0.3 is 0 Å². The number of nitrogens with one attached hydrogen (secondary N) is 1. The molecule has 10 heavy (non-hydrogen) atoms. The minimum absolute atomic E-state index is 0.262. The first-order valence-electron chi connectivity index (χ1n) is 2.31. The number of hydrogen-bond donors (Lipinski definition) is 1. The van der Waals surface area contributed by atoms with Crippen LogP contribution in [0.25, 0.3) is 0 Å². The summed E-state index contributed by atoms with van der Waals surface area (Å²) in [4.78, 5) is 2.95. The third-order valence-electron chi connectivity index (χ3n) is 0.862. The Bertz CT molecular complexity index is 338. The van der Waals surface area contributed by atoms with E-state index < -0.39 is 0 Å². The van der Waals surface area contributed by atoms with Crippen LogP contribution in [0.15, 0.2) is 0 Å². The normalized spacial score (nSPS) is 8.20. The zero-order chi connectivity index (χ0) is 7.56. The Hall–Kier alpha value is -1.17. The first-order valence-corrected chi connectivity index (χ1v) is 3.53. The second-order valence-electron chi connectivity index (χ2n) is 1.44. The highest BCUT2D eigenvalue weighted by Crippen LogP contribution is 2.11. The van der Waals surface area contributed by atoms with Crippen molar-refractivity contribution in [3.05, 3.63) is 14.5 Å². The van der Waals surface area contributed by atoms with Crippen LogP contribution in [0.2, 0.25) is 0 Å². The Labute approximate surface area is 66.2 Å². The second kappa shape index (κ2) is 2.61. The van der Waals surface area contributed by atoms with Gasteiger partial charge in [-0.1, -0.05) is 11.3 Å². The molecule has 0 fully saturated rings. The van der Waals surface area contributed by atoms with E-state index in [0.29, 0.717) is 8.83 Å². The van der Waals surface area contributed by atoms with Gasteiger partial charge in [-0.15, -0.1) is 0 Å². The zero-order valence-electron chi connectivity index (χ0n) is 4.71. The van der Waals surface area contributed by atoms with E-state index in [4.69, 9.17) is 22.7 Å². The van der Waals surface area contributed by atoms with Crippen LogP contribution in [0.5, 0.6) is 0 Å². The van der Waals surface area contributed by atoms with Crippen LogP contribution in [0.3, 0.4) is 0 Å². The maximum atomic E-state index is 8.41. The van der Waals surface area contributed by atoms with Crippen LogP contribution in [0.4, 0.5) is 0 Å². The Morgan fingerprint density at radius 3 is 2.50 bits per heavy atom. The number of thiazole rings is 1. The highest BCUT2D eigenvalue weighted by Gasteiger charge is 2.02. The molecule has 0 atom stereocenters. The van der Waals surface area contributed by atoms with Crippen molar-refractivity contribution in [2.45, 2.75) is 0 Å². The average molecular weight is 167 g/mol. The van der Waals surface area contributed by atoms with Crippen molar-refractivity contribution in [2.24, 2.45) is 0 Å². The summed E-state index contributed by atoms with van der Waals surface area (Å²) in [6.07, 6.45) is 0. The van der Waals surface area contributed by atoms with Crippen molar-refractivity contribution in [1.82, 2.24) is 4.98 Å². The van der Waals surface area contributed by atoms with E-state index >= 15 is 0 Å². The molecule has 5 heteroatoms. The van der Waals surface area contributed by atoms with Crippen LogP contribution in [0, 0.1) is 26.6 Å². The molecular weight excluding hydrogens is 166 g/mol. The molecule has 1 aromatic heterocycles. The maximum absolute atomic E-state index is 8.41. The van der Waals surface area contributed by atoms with Gasteiger partial charge in [-0.2, -0.15) is 10.5 Å². The summed E-state index contributed by atoms with van der Waals surface area (Å²) >= 11 is 5.83. The number of aromatic nitrogens is 1. The molecule has 0 bridgehead atoms.